The zero-order valence-electron chi connectivity index (χ0n) is 8.98. The maximum Gasteiger partial charge on any atom is 0.126 e. The van der Waals surface area contributed by atoms with Crippen molar-refractivity contribution in [3.8, 4) is 0 Å². The minimum Gasteiger partial charge on any atom is -0.472 e. The number of aliphatic hydroxyl groups is 1. The maximum absolute atomic E-state index is 13.0. The summed E-state index contributed by atoms with van der Waals surface area (Å²) >= 11 is 0. The smallest absolute Gasteiger partial charge is 0.126 e. The lowest BCUT2D eigenvalue weighted by atomic mass is 10.0. The first kappa shape index (κ1) is 10.9. The van der Waals surface area contributed by atoms with E-state index in [1.54, 1.807) is 37.6 Å². The molecule has 0 aliphatic heterocycles. The minimum absolute atomic E-state index is 0.251. The molecule has 0 radical (unpaired) electrons. The average Bonchev–Trinajstić information content (AvgIpc) is 2.74. The van der Waals surface area contributed by atoms with E-state index in [0.717, 1.165) is 11.1 Å². The van der Waals surface area contributed by atoms with Gasteiger partial charge in [-0.2, -0.15) is 0 Å². The minimum atomic E-state index is -0.628. The van der Waals surface area contributed by atoms with Crippen LogP contribution in [0.15, 0.2) is 41.2 Å². The van der Waals surface area contributed by atoms with Gasteiger partial charge in [-0.25, -0.2) is 4.39 Å². The van der Waals surface area contributed by atoms with Crippen molar-refractivity contribution in [3.05, 3.63) is 59.3 Å². The van der Waals surface area contributed by atoms with Gasteiger partial charge >= 0.3 is 0 Å². The van der Waals surface area contributed by atoms with Gasteiger partial charge < -0.3 is 9.52 Å². The van der Waals surface area contributed by atoms with Gasteiger partial charge in [-0.15, -0.1) is 0 Å². The topological polar surface area (TPSA) is 33.4 Å². The van der Waals surface area contributed by atoms with Crippen molar-refractivity contribution < 1.29 is 13.9 Å². The number of halogens is 1. The molecule has 0 amide bonds. The number of hydrogen-bond donors (Lipinski definition) is 1. The molecule has 0 fully saturated rings. The Morgan fingerprint density at radius 2 is 2.19 bits per heavy atom. The molecular formula is C13H13FO2. The molecule has 1 N–H and O–H groups in total. The molecule has 2 nitrogen and oxygen atoms in total. The van der Waals surface area contributed by atoms with Crippen molar-refractivity contribution in [2.75, 3.05) is 0 Å². The van der Waals surface area contributed by atoms with Crippen LogP contribution in [0.2, 0.25) is 0 Å². The Bertz CT molecular complexity index is 463. The van der Waals surface area contributed by atoms with E-state index in [1.807, 2.05) is 0 Å². The second-order valence-electron chi connectivity index (χ2n) is 3.86. The second kappa shape index (κ2) is 4.49. The third kappa shape index (κ3) is 2.31. The monoisotopic (exact) mass is 220 g/mol. The Morgan fingerprint density at radius 1 is 1.38 bits per heavy atom. The summed E-state index contributed by atoms with van der Waals surface area (Å²) in [4.78, 5) is 0. The third-order valence-corrected chi connectivity index (χ3v) is 2.58. The van der Waals surface area contributed by atoms with E-state index in [9.17, 15) is 9.50 Å². The lowest BCUT2D eigenvalue weighted by Gasteiger charge is -2.10. The van der Waals surface area contributed by atoms with E-state index in [1.165, 1.54) is 6.07 Å². The van der Waals surface area contributed by atoms with Crippen molar-refractivity contribution >= 4 is 0 Å². The van der Waals surface area contributed by atoms with Crippen molar-refractivity contribution in [2.24, 2.45) is 0 Å². The second-order valence-corrected chi connectivity index (χ2v) is 3.86. The molecule has 0 saturated carbocycles. The van der Waals surface area contributed by atoms with E-state index in [-0.39, 0.29) is 5.82 Å². The van der Waals surface area contributed by atoms with Gasteiger partial charge in [0.05, 0.1) is 18.6 Å². The molecule has 84 valence electrons. The summed E-state index contributed by atoms with van der Waals surface area (Å²) in [6.45, 7) is 1.68. The van der Waals surface area contributed by atoms with Crippen LogP contribution in [0.4, 0.5) is 4.39 Å². The van der Waals surface area contributed by atoms with Gasteiger partial charge in [-0.1, -0.05) is 12.1 Å². The summed E-state index contributed by atoms with van der Waals surface area (Å²) in [5, 5.41) is 9.94. The van der Waals surface area contributed by atoms with Gasteiger partial charge in [0.1, 0.15) is 5.82 Å². The van der Waals surface area contributed by atoms with E-state index in [2.05, 4.69) is 0 Å². The highest BCUT2D eigenvalue weighted by Gasteiger charge is 2.10. The molecule has 1 aromatic carbocycles. The van der Waals surface area contributed by atoms with Crippen molar-refractivity contribution in [1.82, 2.24) is 0 Å². The summed E-state index contributed by atoms with van der Waals surface area (Å²) in [5.74, 6) is -0.251. The molecule has 1 unspecified atom stereocenters. The molecule has 1 aromatic heterocycles. The van der Waals surface area contributed by atoms with E-state index < -0.39 is 6.10 Å². The Labute approximate surface area is 93.3 Å². The van der Waals surface area contributed by atoms with Crippen molar-refractivity contribution in [3.63, 3.8) is 0 Å². The average molecular weight is 220 g/mol. The fourth-order valence-electron chi connectivity index (χ4n) is 1.63. The van der Waals surface area contributed by atoms with Crippen LogP contribution in [-0.4, -0.2) is 5.11 Å². The maximum atomic E-state index is 13.0. The highest BCUT2D eigenvalue weighted by molar-refractivity contribution is 5.26. The predicted octanol–water partition coefficient (Wildman–Crippen LogP) is 3.00. The Kier molecular flexibility index (Phi) is 3.06. The molecule has 0 saturated heterocycles. The molecule has 0 spiro atoms. The van der Waals surface area contributed by atoms with Crippen LogP contribution in [0.3, 0.4) is 0 Å². The van der Waals surface area contributed by atoms with Gasteiger partial charge in [0, 0.05) is 6.42 Å². The molecule has 2 aromatic rings. The summed E-state index contributed by atoms with van der Waals surface area (Å²) in [6.07, 6.45) is 3.01. The third-order valence-electron chi connectivity index (χ3n) is 2.58. The molecule has 1 heterocycles. The van der Waals surface area contributed by atoms with Gasteiger partial charge in [-0.3, -0.25) is 0 Å². The van der Waals surface area contributed by atoms with Crippen LogP contribution in [-0.2, 0) is 6.42 Å². The quantitative estimate of drug-likeness (QED) is 0.862. The number of rotatable bonds is 3. The van der Waals surface area contributed by atoms with Crippen molar-refractivity contribution in [1.29, 1.82) is 0 Å². The first-order valence-corrected chi connectivity index (χ1v) is 5.12. The Hall–Kier alpha value is -1.61. The molecule has 2 rings (SSSR count). The highest BCUT2D eigenvalue weighted by atomic mass is 19.1. The lowest BCUT2D eigenvalue weighted by Crippen LogP contribution is -2.01. The fourth-order valence-corrected chi connectivity index (χ4v) is 1.63. The first-order valence-electron chi connectivity index (χ1n) is 5.12. The number of benzene rings is 1. The standard InChI is InChI=1S/C13H13FO2/c1-9-6-11(2-3-12(9)14)13(15)7-10-4-5-16-8-10/h2-6,8,13,15H,7H2,1H3. The van der Waals surface area contributed by atoms with Crippen LogP contribution in [0.25, 0.3) is 0 Å². The first-order chi connectivity index (χ1) is 7.66. The van der Waals surface area contributed by atoms with Crippen LogP contribution in [0.5, 0.6) is 0 Å². The molecule has 1 atom stereocenters. The summed E-state index contributed by atoms with van der Waals surface area (Å²) in [5.41, 5.74) is 2.19. The van der Waals surface area contributed by atoms with Crippen LogP contribution >= 0.6 is 0 Å². The number of aliphatic hydroxyl groups excluding tert-OH is 1. The Morgan fingerprint density at radius 3 is 2.81 bits per heavy atom. The number of hydrogen-bond acceptors (Lipinski definition) is 2. The molecule has 0 bridgehead atoms. The SMILES string of the molecule is Cc1cc(C(O)Cc2ccoc2)ccc1F. The van der Waals surface area contributed by atoms with Gasteiger partial charge in [0.25, 0.3) is 0 Å². The highest BCUT2D eigenvalue weighted by Crippen LogP contribution is 2.20. The zero-order chi connectivity index (χ0) is 11.5. The fraction of sp³-hybridized carbons (Fsp3) is 0.231. The van der Waals surface area contributed by atoms with Gasteiger partial charge in [0.2, 0.25) is 0 Å². The van der Waals surface area contributed by atoms with E-state index >= 15 is 0 Å². The van der Waals surface area contributed by atoms with Gasteiger partial charge in [-0.05, 0) is 35.7 Å². The largest absolute Gasteiger partial charge is 0.472 e. The summed E-state index contributed by atoms with van der Waals surface area (Å²) < 4.78 is 18.0. The zero-order valence-corrected chi connectivity index (χ0v) is 8.98. The molecule has 0 aliphatic rings. The van der Waals surface area contributed by atoms with E-state index in [0.29, 0.717) is 12.0 Å². The molecule has 16 heavy (non-hydrogen) atoms. The number of aryl methyl sites for hydroxylation is 1. The molecule has 3 heteroatoms. The Balaban J connectivity index is 2.14. The van der Waals surface area contributed by atoms with Crippen molar-refractivity contribution in [2.45, 2.75) is 19.4 Å². The summed E-state index contributed by atoms with van der Waals surface area (Å²) in [6, 6.07) is 6.45. The predicted molar refractivity (Wildman–Crippen MR) is 58.5 cm³/mol. The van der Waals surface area contributed by atoms with Gasteiger partial charge in [0.15, 0.2) is 0 Å². The normalized spacial score (nSPS) is 12.7. The van der Waals surface area contributed by atoms with Crippen LogP contribution in [0.1, 0.15) is 22.8 Å². The molecule has 0 aliphatic carbocycles. The molecular weight excluding hydrogens is 207 g/mol. The number of furan rings is 1. The lowest BCUT2D eigenvalue weighted by molar-refractivity contribution is 0.178. The van der Waals surface area contributed by atoms with Crippen LogP contribution in [0, 0.1) is 12.7 Å². The summed E-state index contributed by atoms with van der Waals surface area (Å²) in [7, 11) is 0. The van der Waals surface area contributed by atoms with Crippen LogP contribution < -0.4 is 0 Å². The van der Waals surface area contributed by atoms with E-state index in [4.69, 9.17) is 4.42 Å².